The van der Waals surface area contributed by atoms with Crippen LogP contribution in [0.25, 0.3) is 0 Å². The molecule has 0 heterocycles. The van der Waals surface area contributed by atoms with Gasteiger partial charge in [0.2, 0.25) is 5.91 Å². The summed E-state index contributed by atoms with van der Waals surface area (Å²) < 4.78 is 26.7. The summed E-state index contributed by atoms with van der Waals surface area (Å²) >= 11 is 0. The van der Waals surface area contributed by atoms with Crippen molar-refractivity contribution in [2.45, 2.75) is 193 Å². The van der Waals surface area contributed by atoms with Gasteiger partial charge in [-0.1, -0.05) is 148 Å². The van der Waals surface area contributed by atoms with Crippen LogP contribution in [-0.2, 0) is 27.9 Å². The van der Waals surface area contributed by atoms with Crippen LogP contribution in [0.2, 0.25) is 0 Å². The molecule has 1 amide bonds. The van der Waals surface area contributed by atoms with E-state index < -0.39 is 26.5 Å². The summed E-state index contributed by atoms with van der Waals surface area (Å²) in [7, 11) is -4.40. The largest absolute Gasteiger partial charge is 0.472 e. The van der Waals surface area contributed by atoms with E-state index >= 15 is 0 Å². The first-order valence-corrected chi connectivity index (χ1v) is 21.2. The number of allylic oxidation sites excluding steroid dienone is 2. The normalized spacial score (nSPS) is 13.5. The number of hydrogen-bond donors (Lipinski definition) is 3. The summed E-state index contributed by atoms with van der Waals surface area (Å²) in [6, 6.07) is 0. The van der Waals surface area contributed by atoms with Crippen LogP contribution >= 0.6 is 7.82 Å². The number of phosphoric acid groups is 1. The van der Waals surface area contributed by atoms with Crippen LogP contribution < -0.4 is 5.32 Å². The number of aliphatic hydroxyl groups is 1. The molecule has 0 aliphatic rings. The number of aliphatic hydroxyl groups excluding tert-OH is 1. The van der Waals surface area contributed by atoms with Crippen LogP contribution in [0.15, 0.2) is 12.2 Å². The van der Waals surface area contributed by atoms with Gasteiger partial charge in [-0.3, -0.25) is 18.6 Å². The highest BCUT2D eigenvalue weighted by atomic mass is 31.2. The molecule has 0 fully saturated rings. The highest BCUT2D eigenvalue weighted by Crippen LogP contribution is 2.42. The minimum Gasteiger partial charge on any atom is -0.463 e. The van der Waals surface area contributed by atoms with E-state index in [1.807, 2.05) is 0 Å². The number of unbranched alkanes of at least 4 members (excludes halogenated alkanes) is 22. The van der Waals surface area contributed by atoms with Crippen molar-refractivity contribution in [1.82, 2.24) is 5.32 Å². The maximum atomic E-state index is 12.0. The molecule has 0 aliphatic heterocycles. The van der Waals surface area contributed by atoms with Crippen molar-refractivity contribution >= 4 is 19.7 Å². The number of nitrogens with one attached hydrogen (secondary N) is 1. The van der Waals surface area contributed by atoms with Crippen LogP contribution in [0.5, 0.6) is 0 Å². The molecule has 0 saturated heterocycles. The van der Waals surface area contributed by atoms with Gasteiger partial charge in [0.15, 0.2) is 0 Å². The van der Waals surface area contributed by atoms with Gasteiger partial charge in [-0.2, -0.15) is 0 Å². The number of carbonyl (C=O) groups excluding carboxylic acids is 2. The quantitative estimate of drug-likeness (QED) is 0.0252. The fraction of sp³-hybridized carbons (Fsp3) is 0.895. The van der Waals surface area contributed by atoms with Crippen LogP contribution in [-0.4, -0.2) is 54.3 Å². The molecular weight excluding hydrogens is 629 g/mol. The molecule has 0 aromatic rings. The average molecular weight is 704 g/mol. The molecule has 9 nitrogen and oxygen atoms in total. The van der Waals surface area contributed by atoms with Gasteiger partial charge in [0.05, 0.1) is 13.2 Å². The minimum absolute atomic E-state index is 0.0847. The Morgan fingerprint density at radius 1 is 0.625 bits per heavy atom. The van der Waals surface area contributed by atoms with Crippen molar-refractivity contribution in [2.24, 2.45) is 0 Å². The molecule has 0 radical (unpaired) electrons. The first-order chi connectivity index (χ1) is 23.3. The number of ether oxygens (including phenoxy) is 1. The maximum absolute atomic E-state index is 12.0. The zero-order valence-corrected chi connectivity index (χ0v) is 31.8. The topological polar surface area (TPSA) is 131 Å². The highest BCUT2D eigenvalue weighted by Gasteiger charge is 2.23. The minimum atomic E-state index is -4.40. The predicted molar refractivity (Wildman–Crippen MR) is 197 cm³/mol. The van der Waals surface area contributed by atoms with Crippen LogP contribution in [0, 0.1) is 0 Å². The SMILES string of the molecule is CCCCCCCC/C=C/CCCCCCCCCCCC(=O)OCC(O)COP(=O)(O)OCCNC(=O)CCCCCCCCCC. The van der Waals surface area contributed by atoms with E-state index in [0.29, 0.717) is 6.42 Å². The van der Waals surface area contributed by atoms with E-state index in [1.165, 1.54) is 122 Å². The Morgan fingerprint density at radius 2 is 1.06 bits per heavy atom. The van der Waals surface area contributed by atoms with Crippen LogP contribution in [0.1, 0.15) is 187 Å². The lowest BCUT2D eigenvalue weighted by molar-refractivity contribution is -0.147. The van der Waals surface area contributed by atoms with Crippen molar-refractivity contribution in [1.29, 1.82) is 0 Å². The number of esters is 1. The third-order valence-corrected chi connectivity index (χ3v) is 9.43. The standard InChI is InChI=1S/C38H74NO8P/c1-3-5-7-9-11-13-14-15-16-17-18-19-20-21-22-23-25-27-29-31-38(42)45-34-36(40)35-47-48(43,44)46-33-32-39-37(41)30-28-26-24-12-10-8-6-4-2/h15-16,36,40H,3-14,17-35H2,1-2H3,(H,39,41)(H,43,44)/b16-15+. The zero-order valence-electron chi connectivity index (χ0n) is 30.9. The Bertz CT molecular complexity index is 810. The fourth-order valence-electron chi connectivity index (χ4n) is 5.43. The molecule has 0 saturated carbocycles. The lowest BCUT2D eigenvalue weighted by Crippen LogP contribution is -2.27. The second kappa shape index (κ2) is 35.6. The molecular formula is C38H74NO8P. The van der Waals surface area contributed by atoms with Gasteiger partial charge < -0.3 is 20.1 Å². The van der Waals surface area contributed by atoms with Crippen molar-refractivity contribution in [3.63, 3.8) is 0 Å². The molecule has 10 heteroatoms. The van der Waals surface area contributed by atoms with Gasteiger partial charge in [0.1, 0.15) is 12.7 Å². The van der Waals surface area contributed by atoms with Crippen molar-refractivity contribution in [2.75, 3.05) is 26.4 Å². The second-order valence-electron chi connectivity index (χ2n) is 13.3. The van der Waals surface area contributed by atoms with Crippen molar-refractivity contribution < 1.29 is 37.9 Å². The van der Waals surface area contributed by atoms with E-state index in [0.717, 1.165) is 38.5 Å². The van der Waals surface area contributed by atoms with Crippen LogP contribution in [0.3, 0.4) is 0 Å². The number of phosphoric ester groups is 1. The molecule has 0 aromatic carbocycles. The van der Waals surface area contributed by atoms with Gasteiger partial charge in [0.25, 0.3) is 0 Å². The third kappa shape index (κ3) is 36.0. The van der Waals surface area contributed by atoms with E-state index in [-0.39, 0.29) is 32.1 Å². The van der Waals surface area contributed by atoms with E-state index in [9.17, 15) is 24.2 Å². The van der Waals surface area contributed by atoms with Gasteiger partial charge >= 0.3 is 13.8 Å². The molecule has 0 aliphatic carbocycles. The van der Waals surface area contributed by atoms with E-state index in [4.69, 9.17) is 13.8 Å². The number of rotatable bonds is 37. The Hall–Kier alpha value is -1.25. The third-order valence-electron chi connectivity index (χ3n) is 8.45. The van der Waals surface area contributed by atoms with E-state index in [2.05, 4.69) is 31.3 Å². The van der Waals surface area contributed by atoms with Gasteiger partial charge in [-0.05, 0) is 38.5 Å². The van der Waals surface area contributed by atoms with Crippen molar-refractivity contribution in [3.8, 4) is 0 Å². The van der Waals surface area contributed by atoms with Gasteiger partial charge in [-0.15, -0.1) is 0 Å². The summed E-state index contributed by atoms with van der Waals surface area (Å²) in [4.78, 5) is 33.7. The molecule has 2 unspecified atom stereocenters. The summed E-state index contributed by atoms with van der Waals surface area (Å²) in [5, 5.41) is 12.6. The Kier molecular flexibility index (Phi) is 34.6. The molecule has 2 atom stereocenters. The molecule has 284 valence electrons. The summed E-state index contributed by atoms with van der Waals surface area (Å²) in [6.45, 7) is 3.52. The van der Waals surface area contributed by atoms with Crippen molar-refractivity contribution in [3.05, 3.63) is 12.2 Å². The summed E-state index contributed by atoms with van der Waals surface area (Å²) in [6.07, 6.45) is 34.4. The first-order valence-electron chi connectivity index (χ1n) is 19.7. The number of carbonyl (C=O) groups is 2. The maximum Gasteiger partial charge on any atom is 0.472 e. The molecule has 0 spiro atoms. The molecule has 48 heavy (non-hydrogen) atoms. The predicted octanol–water partition coefficient (Wildman–Crippen LogP) is 10.3. The highest BCUT2D eigenvalue weighted by molar-refractivity contribution is 7.47. The smallest absolute Gasteiger partial charge is 0.463 e. The monoisotopic (exact) mass is 704 g/mol. The zero-order chi connectivity index (χ0) is 35.4. The molecule has 0 rings (SSSR count). The first kappa shape index (κ1) is 46.8. The number of amides is 1. The summed E-state index contributed by atoms with van der Waals surface area (Å²) in [5.41, 5.74) is 0. The second-order valence-corrected chi connectivity index (χ2v) is 14.7. The lowest BCUT2D eigenvalue weighted by Gasteiger charge is -2.15. The number of hydrogen-bond acceptors (Lipinski definition) is 7. The lowest BCUT2D eigenvalue weighted by atomic mass is 10.1. The fourth-order valence-corrected chi connectivity index (χ4v) is 6.19. The Labute approximate surface area is 294 Å². The van der Waals surface area contributed by atoms with Gasteiger partial charge in [-0.25, -0.2) is 4.57 Å². The summed E-state index contributed by atoms with van der Waals surface area (Å²) in [5.74, 6) is -0.518. The average Bonchev–Trinajstić information content (AvgIpc) is 3.07. The molecule has 0 aromatic heterocycles. The Morgan fingerprint density at radius 3 is 1.56 bits per heavy atom. The van der Waals surface area contributed by atoms with E-state index in [1.54, 1.807) is 0 Å². The molecule has 3 N–H and O–H groups in total. The van der Waals surface area contributed by atoms with Crippen LogP contribution in [0.4, 0.5) is 0 Å². The Balaban J connectivity index is 3.57. The van der Waals surface area contributed by atoms with Gasteiger partial charge in [0, 0.05) is 19.4 Å². The molecule has 0 bridgehead atoms.